The van der Waals surface area contributed by atoms with Crippen LogP contribution in [0.15, 0.2) is 24.3 Å². The minimum Gasteiger partial charge on any atom is -0.486 e. The second-order valence-electron chi connectivity index (χ2n) is 7.42. The number of nitrogens with one attached hydrogen (secondary N) is 1. The molecule has 1 aromatic heterocycles. The standard InChI is InChI=1S/C21H28ClN3O2S/c1-15-5-3-11-25(13-15)12-4-10-23-21(26)20-16(2)24-19(28-20)14-27-18-8-6-17(22)7-9-18/h6-9,15H,3-5,10-14H2,1-2H3,(H,23,26)/t15-/m1/s1. The first-order valence-electron chi connectivity index (χ1n) is 9.86. The highest BCUT2D eigenvalue weighted by molar-refractivity contribution is 7.13. The van der Waals surface area contributed by atoms with Gasteiger partial charge in [-0.15, -0.1) is 11.3 Å². The average Bonchev–Trinajstić information content (AvgIpc) is 3.05. The van der Waals surface area contributed by atoms with Gasteiger partial charge in [0.05, 0.1) is 5.69 Å². The predicted molar refractivity (Wildman–Crippen MR) is 114 cm³/mol. The summed E-state index contributed by atoms with van der Waals surface area (Å²) in [5, 5.41) is 4.50. The summed E-state index contributed by atoms with van der Waals surface area (Å²) in [4.78, 5) is 20.1. The van der Waals surface area contributed by atoms with Gasteiger partial charge in [-0.2, -0.15) is 0 Å². The summed E-state index contributed by atoms with van der Waals surface area (Å²) in [5.74, 6) is 1.48. The van der Waals surface area contributed by atoms with Crippen LogP contribution in [0, 0.1) is 12.8 Å². The van der Waals surface area contributed by atoms with Gasteiger partial charge < -0.3 is 15.0 Å². The van der Waals surface area contributed by atoms with Crippen LogP contribution in [0.3, 0.4) is 0 Å². The SMILES string of the molecule is Cc1nc(COc2ccc(Cl)cc2)sc1C(=O)NCCCN1CCC[C@@H](C)C1. The van der Waals surface area contributed by atoms with Crippen molar-refractivity contribution in [3.63, 3.8) is 0 Å². The molecule has 0 bridgehead atoms. The number of thiazole rings is 1. The van der Waals surface area contributed by atoms with Crippen molar-refractivity contribution in [2.45, 2.75) is 39.7 Å². The fourth-order valence-corrected chi connectivity index (χ4v) is 4.50. The maximum atomic E-state index is 12.5. The molecular formula is C21H28ClN3O2S. The zero-order chi connectivity index (χ0) is 19.9. The quantitative estimate of drug-likeness (QED) is 0.636. The number of carbonyl (C=O) groups is 1. The molecular weight excluding hydrogens is 394 g/mol. The van der Waals surface area contributed by atoms with Crippen LogP contribution in [0.5, 0.6) is 5.75 Å². The molecule has 1 atom stereocenters. The molecule has 0 radical (unpaired) electrons. The third-order valence-corrected chi connectivity index (χ3v) is 6.28. The summed E-state index contributed by atoms with van der Waals surface area (Å²) in [6.07, 6.45) is 3.60. The number of ether oxygens (including phenoxy) is 1. The lowest BCUT2D eigenvalue weighted by molar-refractivity contribution is 0.0953. The van der Waals surface area contributed by atoms with Crippen molar-refractivity contribution in [3.8, 4) is 5.75 Å². The predicted octanol–water partition coefficient (Wildman–Crippen LogP) is 4.54. The molecule has 0 aliphatic carbocycles. The summed E-state index contributed by atoms with van der Waals surface area (Å²) in [6.45, 7) is 8.63. The summed E-state index contributed by atoms with van der Waals surface area (Å²) in [7, 11) is 0. The van der Waals surface area contributed by atoms with E-state index in [1.807, 2.05) is 19.1 Å². The Kier molecular flexibility index (Phi) is 7.71. The summed E-state index contributed by atoms with van der Waals surface area (Å²) < 4.78 is 5.72. The van der Waals surface area contributed by atoms with Crippen molar-refractivity contribution in [3.05, 3.63) is 44.9 Å². The van der Waals surface area contributed by atoms with Crippen molar-refractivity contribution in [2.24, 2.45) is 5.92 Å². The molecule has 1 N–H and O–H groups in total. The van der Waals surface area contributed by atoms with Crippen molar-refractivity contribution >= 4 is 28.8 Å². The molecule has 1 amide bonds. The maximum absolute atomic E-state index is 12.5. The molecule has 1 fully saturated rings. The van der Waals surface area contributed by atoms with E-state index in [0.717, 1.165) is 35.3 Å². The first kappa shape index (κ1) is 21.1. The molecule has 0 spiro atoms. The van der Waals surface area contributed by atoms with Crippen LogP contribution < -0.4 is 10.1 Å². The van der Waals surface area contributed by atoms with E-state index in [-0.39, 0.29) is 5.91 Å². The van der Waals surface area contributed by atoms with Crippen LogP contribution in [-0.4, -0.2) is 42.0 Å². The van der Waals surface area contributed by atoms with Gasteiger partial charge in [-0.3, -0.25) is 4.79 Å². The first-order valence-corrected chi connectivity index (χ1v) is 11.1. The topological polar surface area (TPSA) is 54.5 Å². The minimum atomic E-state index is -0.0419. The van der Waals surface area contributed by atoms with Crippen LogP contribution in [0.2, 0.25) is 5.02 Å². The number of rotatable bonds is 8. The molecule has 5 nitrogen and oxygen atoms in total. The van der Waals surface area contributed by atoms with Crippen LogP contribution in [0.1, 0.15) is 46.6 Å². The lowest BCUT2D eigenvalue weighted by Crippen LogP contribution is -2.36. The van der Waals surface area contributed by atoms with E-state index < -0.39 is 0 Å². The van der Waals surface area contributed by atoms with Gasteiger partial charge in [0.2, 0.25) is 0 Å². The van der Waals surface area contributed by atoms with E-state index >= 15 is 0 Å². The lowest BCUT2D eigenvalue weighted by atomic mass is 10.0. The Morgan fingerprint density at radius 1 is 1.39 bits per heavy atom. The molecule has 152 valence electrons. The highest BCUT2D eigenvalue weighted by atomic mass is 35.5. The van der Waals surface area contributed by atoms with Crippen LogP contribution in [-0.2, 0) is 6.61 Å². The number of amides is 1. The van der Waals surface area contributed by atoms with E-state index in [1.54, 1.807) is 12.1 Å². The Balaban J connectivity index is 1.42. The second kappa shape index (κ2) is 10.2. The van der Waals surface area contributed by atoms with Crippen molar-refractivity contribution in [1.82, 2.24) is 15.2 Å². The molecule has 3 rings (SSSR count). The Morgan fingerprint density at radius 3 is 2.93 bits per heavy atom. The van der Waals surface area contributed by atoms with Gasteiger partial charge >= 0.3 is 0 Å². The Labute approximate surface area is 176 Å². The van der Waals surface area contributed by atoms with Gasteiger partial charge in [0, 0.05) is 18.1 Å². The maximum Gasteiger partial charge on any atom is 0.263 e. The van der Waals surface area contributed by atoms with Crippen LogP contribution in [0.25, 0.3) is 0 Å². The summed E-state index contributed by atoms with van der Waals surface area (Å²) >= 11 is 7.27. The number of carbonyl (C=O) groups excluding carboxylic acids is 1. The third-order valence-electron chi connectivity index (χ3n) is 4.90. The van der Waals surface area contributed by atoms with Gasteiger partial charge in [0.1, 0.15) is 22.2 Å². The molecule has 1 saturated heterocycles. The summed E-state index contributed by atoms with van der Waals surface area (Å²) in [6, 6.07) is 7.21. The first-order chi connectivity index (χ1) is 13.5. The number of hydrogen-bond donors (Lipinski definition) is 1. The molecule has 2 aromatic rings. The number of benzene rings is 1. The van der Waals surface area contributed by atoms with E-state index in [2.05, 4.69) is 22.1 Å². The zero-order valence-electron chi connectivity index (χ0n) is 16.5. The number of hydrogen-bond acceptors (Lipinski definition) is 5. The molecule has 2 heterocycles. The van der Waals surface area contributed by atoms with Crippen LogP contribution in [0.4, 0.5) is 0 Å². The zero-order valence-corrected chi connectivity index (χ0v) is 18.1. The van der Waals surface area contributed by atoms with E-state index in [9.17, 15) is 4.79 Å². The Hall–Kier alpha value is -1.63. The van der Waals surface area contributed by atoms with Gasteiger partial charge in [-0.1, -0.05) is 18.5 Å². The van der Waals surface area contributed by atoms with E-state index in [4.69, 9.17) is 16.3 Å². The largest absolute Gasteiger partial charge is 0.486 e. The van der Waals surface area contributed by atoms with Crippen molar-refractivity contribution in [1.29, 1.82) is 0 Å². The van der Waals surface area contributed by atoms with E-state index in [1.165, 1.54) is 37.3 Å². The number of likely N-dealkylation sites (tertiary alicyclic amines) is 1. The average molecular weight is 422 g/mol. The number of nitrogens with zero attached hydrogens (tertiary/aromatic N) is 2. The molecule has 0 unspecified atom stereocenters. The van der Waals surface area contributed by atoms with Gasteiger partial charge in [0.25, 0.3) is 5.91 Å². The molecule has 1 aliphatic rings. The number of piperidine rings is 1. The van der Waals surface area contributed by atoms with Crippen molar-refractivity contribution in [2.75, 3.05) is 26.2 Å². The van der Waals surface area contributed by atoms with Gasteiger partial charge in [-0.05, 0) is 69.5 Å². The van der Waals surface area contributed by atoms with Crippen LogP contribution >= 0.6 is 22.9 Å². The highest BCUT2D eigenvalue weighted by Crippen LogP contribution is 2.21. The number of aromatic nitrogens is 1. The smallest absolute Gasteiger partial charge is 0.263 e. The Morgan fingerprint density at radius 2 is 2.18 bits per heavy atom. The molecule has 28 heavy (non-hydrogen) atoms. The summed E-state index contributed by atoms with van der Waals surface area (Å²) in [5.41, 5.74) is 0.752. The van der Waals surface area contributed by atoms with Gasteiger partial charge in [-0.25, -0.2) is 4.98 Å². The minimum absolute atomic E-state index is 0.0419. The van der Waals surface area contributed by atoms with Crippen molar-refractivity contribution < 1.29 is 9.53 Å². The number of aryl methyl sites for hydroxylation is 1. The van der Waals surface area contributed by atoms with E-state index in [0.29, 0.717) is 23.1 Å². The molecule has 1 aliphatic heterocycles. The highest BCUT2D eigenvalue weighted by Gasteiger charge is 2.17. The Bertz CT molecular complexity index is 778. The monoisotopic (exact) mass is 421 g/mol. The van der Waals surface area contributed by atoms with Gasteiger partial charge in [0.15, 0.2) is 0 Å². The molecule has 0 saturated carbocycles. The third kappa shape index (κ3) is 6.19. The normalized spacial score (nSPS) is 17.5. The fourth-order valence-electron chi connectivity index (χ4n) is 3.48. The fraction of sp³-hybridized carbons (Fsp3) is 0.524. The lowest BCUT2D eigenvalue weighted by Gasteiger charge is -2.30. The molecule has 7 heteroatoms. The second-order valence-corrected chi connectivity index (χ2v) is 8.94. The number of halogens is 1. The molecule has 1 aromatic carbocycles.